The first kappa shape index (κ1) is 14.2. The number of aliphatic hydroxyl groups excluding tert-OH is 1. The van der Waals surface area contributed by atoms with Gasteiger partial charge in [0.15, 0.2) is 5.78 Å². The van der Waals surface area contributed by atoms with Crippen LogP contribution < -0.4 is 0 Å². The summed E-state index contributed by atoms with van der Waals surface area (Å²) in [5.41, 5.74) is 0.186. The van der Waals surface area contributed by atoms with Crippen LogP contribution in [-0.2, 0) is 14.3 Å². The summed E-state index contributed by atoms with van der Waals surface area (Å²) in [4.78, 5) is 23.8. The standard InChI is InChI=1S/C18H22O4/c1-17-5-3-10(19)7-13(17)15(20)8-11-12(17)4-6-18(2)14(11)9-22-16(18)21/h3,5,7,11-12,14-15,20H,4,6,8-9H2,1-2H3/t11-,12+,14+,15+,17-,18+/m1/s1. The van der Waals surface area contributed by atoms with E-state index in [1.165, 1.54) is 0 Å². The number of carbonyl (C=O) groups is 2. The zero-order valence-corrected chi connectivity index (χ0v) is 13.0. The van der Waals surface area contributed by atoms with Crippen LogP contribution in [0.15, 0.2) is 23.8 Å². The van der Waals surface area contributed by atoms with Crippen LogP contribution in [0.25, 0.3) is 0 Å². The molecular weight excluding hydrogens is 280 g/mol. The van der Waals surface area contributed by atoms with E-state index >= 15 is 0 Å². The third-order valence-corrected chi connectivity index (χ3v) is 6.83. The van der Waals surface area contributed by atoms with Gasteiger partial charge in [0.2, 0.25) is 0 Å². The van der Waals surface area contributed by atoms with Crippen LogP contribution in [0.5, 0.6) is 0 Å². The van der Waals surface area contributed by atoms with E-state index in [4.69, 9.17) is 4.74 Å². The number of aliphatic hydroxyl groups is 1. The van der Waals surface area contributed by atoms with Crippen molar-refractivity contribution in [3.05, 3.63) is 23.8 Å². The van der Waals surface area contributed by atoms with Gasteiger partial charge in [0.25, 0.3) is 0 Å². The van der Waals surface area contributed by atoms with Gasteiger partial charge in [-0.1, -0.05) is 13.0 Å². The van der Waals surface area contributed by atoms with E-state index in [1.807, 2.05) is 13.0 Å². The van der Waals surface area contributed by atoms with Gasteiger partial charge in [-0.15, -0.1) is 0 Å². The molecule has 0 aromatic carbocycles. The molecule has 0 unspecified atom stereocenters. The Hall–Kier alpha value is -1.42. The highest BCUT2D eigenvalue weighted by Crippen LogP contribution is 2.61. The van der Waals surface area contributed by atoms with E-state index in [-0.39, 0.29) is 29.0 Å². The SMILES string of the molecule is C[C@]12C=CC(=O)C=C1[C@@H](O)C[C@@H]1[C@@H]2CC[C@]2(C)C(=O)OC[C@@H]12. The van der Waals surface area contributed by atoms with E-state index in [9.17, 15) is 14.7 Å². The molecule has 1 N–H and O–H groups in total. The molecule has 4 heteroatoms. The van der Waals surface area contributed by atoms with Crippen LogP contribution in [-0.4, -0.2) is 29.6 Å². The van der Waals surface area contributed by atoms with Gasteiger partial charge in [0.1, 0.15) is 0 Å². The van der Waals surface area contributed by atoms with Crippen LogP contribution >= 0.6 is 0 Å². The smallest absolute Gasteiger partial charge is 0.312 e. The van der Waals surface area contributed by atoms with E-state index < -0.39 is 11.5 Å². The molecule has 4 aliphatic rings. The summed E-state index contributed by atoms with van der Waals surface area (Å²) in [5, 5.41) is 10.6. The van der Waals surface area contributed by atoms with E-state index in [2.05, 4.69) is 6.92 Å². The Kier molecular flexibility index (Phi) is 2.78. The Bertz CT molecular complexity index is 619. The summed E-state index contributed by atoms with van der Waals surface area (Å²) in [6.07, 6.45) is 7.02. The Morgan fingerprint density at radius 3 is 2.82 bits per heavy atom. The highest BCUT2D eigenvalue weighted by atomic mass is 16.5. The van der Waals surface area contributed by atoms with Crippen molar-refractivity contribution in [2.75, 3.05) is 6.61 Å². The number of hydrogen-bond donors (Lipinski definition) is 1. The first-order chi connectivity index (χ1) is 10.4. The van der Waals surface area contributed by atoms with Gasteiger partial charge < -0.3 is 9.84 Å². The Morgan fingerprint density at radius 1 is 1.27 bits per heavy atom. The molecule has 6 atom stereocenters. The molecule has 0 spiro atoms. The van der Waals surface area contributed by atoms with Crippen LogP contribution in [0.3, 0.4) is 0 Å². The van der Waals surface area contributed by atoms with Crippen molar-refractivity contribution in [3.63, 3.8) is 0 Å². The van der Waals surface area contributed by atoms with Crippen molar-refractivity contribution in [2.24, 2.45) is 28.6 Å². The summed E-state index contributed by atoms with van der Waals surface area (Å²) < 4.78 is 5.37. The zero-order valence-electron chi connectivity index (χ0n) is 13.0. The van der Waals surface area contributed by atoms with Gasteiger partial charge in [-0.05, 0) is 55.7 Å². The highest BCUT2D eigenvalue weighted by molar-refractivity contribution is 6.01. The maximum Gasteiger partial charge on any atom is 0.312 e. The number of fused-ring (bicyclic) bond motifs is 5. The molecule has 1 aliphatic heterocycles. The first-order valence-electron chi connectivity index (χ1n) is 8.17. The number of carbonyl (C=O) groups excluding carboxylic acids is 2. The molecule has 1 heterocycles. The number of ether oxygens (including phenoxy) is 1. The lowest BCUT2D eigenvalue weighted by Crippen LogP contribution is -2.53. The molecule has 0 bridgehead atoms. The zero-order chi connectivity index (χ0) is 15.7. The second-order valence-corrected chi connectivity index (χ2v) is 7.80. The molecule has 4 rings (SSSR count). The molecule has 118 valence electrons. The molecule has 0 aromatic heterocycles. The van der Waals surface area contributed by atoms with Crippen molar-refractivity contribution in [2.45, 2.75) is 39.2 Å². The van der Waals surface area contributed by atoms with Crippen molar-refractivity contribution in [1.82, 2.24) is 0 Å². The van der Waals surface area contributed by atoms with Crippen molar-refractivity contribution >= 4 is 11.8 Å². The second kappa shape index (κ2) is 4.31. The topological polar surface area (TPSA) is 63.6 Å². The van der Waals surface area contributed by atoms with E-state index in [1.54, 1.807) is 12.2 Å². The lowest BCUT2D eigenvalue weighted by molar-refractivity contribution is -0.148. The summed E-state index contributed by atoms with van der Waals surface area (Å²) in [6.45, 7) is 4.62. The number of hydrogen-bond acceptors (Lipinski definition) is 4. The minimum atomic E-state index is -0.599. The molecule has 3 fully saturated rings. The van der Waals surface area contributed by atoms with Crippen LogP contribution in [0, 0.1) is 28.6 Å². The van der Waals surface area contributed by atoms with Gasteiger partial charge in [-0.3, -0.25) is 9.59 Å². The van der Waals surface area contributed by atoms with E-state index in [0.717, 1.165) is 18.4 Å². The fourth-order valence-electron chi connectivity index (χ4n) is 5.46. The van der Waals surface area contributed by atoms with Gasteiger partial charge in [0, 0.05) is 11.3 Å². The van der Waals surface area contributed by atoms with Crippen molar-refractivity contribution in [3.8, 4) is 0 Å². The van der Waals surface area contributed by atoms with Gasteiger partial charge >= 0.3 is 5.97 Å². The van der Waals surface area contributed by atoms with Crippen LogP contribution in [0.2, 0.25) is 0 Å². The van der Waals surface area contributed by atoms with Gasteiger partial charge in [-0.25, -0.2) is 0 Å². The molecule has 0 aromatic rings. The maximum absolute atomic E-state index is 12.1. The molecule has 0 amide bonds. The number of ketones is 1. The van der Waals surface area contributed by atoms with E-state index in [0.29, 0.717) is 18.9 Å². The Balaban J connectivity index is 1.76. The number of allylic oxidation sites excluding steroid dienone is 3. The lowest BCUT2D eigenvalue weighted by Gasteiger charge is -2.55. The normalized spacial score (nSPS) is 49.9. The average Bonchev–Trinajstić information content (AvgIpc) is 2.77. The molecule has 22 heavy (non-hydrogen) atoms. The molecule has 1 saturated heterocycles. The predicted molar refractivity (Wildman–Crippen MR) is 79.7 cm³/mol. The summed E-state index contributed by atoms with van der Waals surface area (Å²) in [5.74, 6) is 0.688. The number of esters is 1. The minimum Gasteiger partial charge on any atom is -0.465 e. The third-order valence-electron chi connectivity index (χ3n) is 6.83. The summed E-state index contributed by atoms with van der Waals surface area (Å²) in [6, 6.07) is 0. The summed E-state index contributed by atoms with van der Waals surface area (Å²) >= 11 is 0. The monoisotopic (exact) mass is 302 g/mol. The molecule has 4 nitrogen and oxygen atoms in total. The van der Waals surface area contributed by atoms with Crippen LogP contribution in [0.4, 0.5) is 0 Å². The molecule has 3 aliphatic carbocycles. The largest absolute Gasteiger partial charge is 0.465 e. The summed E-state index contributed by atoms with van der Waals surface area (Å²) in [7, 11) is 0. The second-order valence-electron chi connectivity index (χ2n) is 7.80. The Labute approximate surface area is 130 Å². The quantitative estimate of drug-likeness (QED) is 0.695. The maximum atomic E-state index is 12.1. The predicted octanol–water partition coefficient (Wildman–Crippen LogP) is 2.03. The van der Waals surface area contributed by atoms with Gasteiger partial charge in [0.05, 0.1) is 18.1 Å². The molecular formula is C18H22O4. The molecule has 2 saturated carbocycles. The fourth-order valence-corrected chi connectivity index (χ4v) is 5.46. The minimum absolute atomic E-state index is 0.0370. The molecule has 0 radical (unpaired) electrons. The lowest BCUT2D eigenvalue weighted by atomic mass is 9.48. The van der Waals surface area contributed by atoms with Crippen LogP contribution in [0.1, 0.15) is 33.1 Å². The Morgan fingerprint density at radius 2 is 2.05 bits per heavy atom. The third kappa shape index (κ3) is 1.62. The van der Waals surface area contributed by atoms with Crippen molar-refractivity contribution < 1.29 is 19.4 Å². The van der Waals surface area contributed by atoms with Gasteiger partial charge in [-0.2, -0.15) is 0 Å². The highest BCUT2D eigenvalue weighted by Gasteiger charge is 2.61. The number of rotatable bonds is 0. The number of cyclic esters (lactones) is 1. The van der Waals surface area contributed by atoms with Crippen molar-refractivity contribution in [1.29, 1.82) is 0 Å². The first-order valence-corrected chi connectivity index (χ1v) is 8.17. The average molecular weight is 302 g/mol. The fraction of sp³-hybridized carbons (Fsp3) is 0.667.